The van der Waals surface area contributed by atoms with Gasteiger partial charge in [0.25, 0.3) is 0 Å². The van der Waals surface area contributed by atoms with E-state index in [0.29, 0.717) is 16.2 Å². The minimum Gasteiger partial charge on any atom is -0.379 e. The highest BCUT2D eigenvalue weighted by Gasteiger charge is 2.20. The first kappa shape index (κ1) is 12.8. The average Bonchev–Trinajstić information content (AvgIpc) is 2.26. The van der Waals surface area contributed by atoms with Crippen molar-refractivity contribution >= 4 is 21.6 Å². The number of anilines is 1. The molecule has 0 saturated heterocycles. The number of nitrogens with one attached hydrogen (secondary N) is 1. The Morgan fingerprint density at radius 1 is 1.18 bits per heavy atom. The van der Waals surface area contributed by atoms with Crippen LogP contribution in [-0.2, 0) is 0 Å². The molecule has 94 valence electrons. The maximum absolute atomic E-state index is 13.6. The van der Waals surface area contributed by atoms with Crippen LogP contribution < -0.4 is 5.32 Å². The lowest BCUT2D eigenvalue weighted by Gasteiger charge is -2.28. The van der Waals surface area contributed by atoms with E-state index in [0.717, 1.165) is 37.7 Å². The summed E-state index contributed by atoms with van der Waals surface area (Å²) in [6.45, 7) is 2.24. The molecule has 1 saturated carbocycles. The summed E-state index contributed by atoms with van der Waals surface area (Å²) < 4.78 is 27.0. The fourth-order valence-electron chi connectivity index (χ4n) is 2.29. The lowest BCUT2D eigenvalue weighted by Crippen LogP contribution is -2.25. The van der Waals surface area contributed by atoms with Crippen LogP contribution in [-0.4, -0.2) is 6.04 Å². The van der Waals surface area contributed by atoms with Crippen LogP contribution in [0.1, 0.15) is 32.6 Å². The summed E-state index contributed by atoms with van der Waals surface area (Å²) in [5.41, 5.74) is 0.381. The standard InChI is InChI=1S/C13H16BrF2N/c1-8-2-4-10(5-3-8)17-13-11(14)6-9(15)7-12(13)16/h6-8,10,17H,2-5H2,1H3. The number of rotatable bonds is 2. The van der Waals surface area contributed by atoms with Crippen LogP contribution in [0.3, 0.4) is 0 Å². The fourth-order valence-corrected chi connectivity index (χ4v) is 2.81. The molecule has 17 heavy (non-hydrogen) atoms. The summed E-state index contributed by atoms with van der Waals surface area (Å²) in [6.07, 6.45) is 4.42. The van der Waals surface area contributed by atoms with Crippen LogP contribution in [0.2, 0.25) is 0 Å². The van der Waals surface area contributed by atoms with Crippen LogP contribution in [0.15, 0.2) is 16.6 Å². The molecule has 0 bridgehead atoms. The van der Waals surface area contributed by atoms with Crippen molar-refractivity contribution in [2.24, 2.45) is 5.92 Å². The Morgan fingerprint density at radius 3 is 2.41 bits per heavy atom. The summed E-state index contributed by atoms with van der Waals surface area (Å²) in [7, 11) is 0. The third-order valence-corrected chi connectivity index (χ3v) is 4.00. The number of benzene rings is 1. The molecular formula is C13H16BrF2N. The van der Waals surface area contributed by atoms with Crippen LogP contribution in [0.25, 0.3) is 0 Å². The van der Waals surface area contributed by atoms with E-state index >= 15 is 0 Å². The molecule has 0 heterocycles. The van der Waals surface area contributed by atoms with Crippen LogP contribution >= 0.6 is 15.9 Å². The number of halogens is 3. The fraction of sp³-hybridized carbons (Fsp3) is 0.538. The first-order valence-corrected chi connectivity index (χ1v) is 6.76. The van der Waals surface area contributed by atoms with Gasteiger partial charge in [0.2, 0.25) is 0 Å². The number of hydrogen-bond donors (Lipinski definition) is 1. The Labute approximate surface area is 109 Å². The van der Waals surface area contributed by atoms with Crippen LogP contribution in [0.4, 0.5) is 14.5 Å². The van der Waals surface area contributed by atoms with Gasteiger partial charge in [0.15, 0.2) is 0 Å². The van der Waals surface area contributed by atoms with Crippen molar-refractivity contribution in [3.63, 3.8) is 0 Å². The van der Waals surface area contributed by atoms with Gasteiger partial charge in [0.1, 0.15) is 11.6 Å². The predicted octanol–water partition coefficient (Wildman–Crippen LogP) is 4.72. The van der Waals surface area contributed by atoms with Crippen molar-refractivity contribution in [2.75, 3.05) is 5.32 Å². The van der Waals surface area contributed by atoms with E-state index in [1.807, 2.05) is 0 Å². The maximum Gasteiger partial charge on any atom is 0.150 e. The van der Waals surface area contributed by atoms with E-state index in [2.05, 4.69) is 28.2 Å². The molecule has 1 aliphatic carbocycles. The SMILES string of the molecule is CC1CCC(Nc2c(F)cc(F)cc2Br)CC1. The molecule has 1 aromatic rings. The summed E-state index contributed by atoms with van der Waals surface area (Å²) in [5, 5.41) is 3.18. The molecule has 0 atom stereocenters. The van der Waals surface area contributed by atoms with E-state index < -0.39 is 11.6 Å². The van der Waals surface area contributed by atoms with Crippen molar-refractivity contribution in [2.45, 2.75) is 38.6 Å². The Hall–Kier alpha value is -0.640. The van der Waals surface area contributed by atoms with Gasteiger partial charge in [-0.25, -0.2) is 8.78 Å². The summed E-state index contributed by atoms with van der Waals surface area (Å²) in [4.78, 5) is 0. The van der Waals surface area contributed by atoms with Gasteiger partial charge in [0, 0.05) is 16.6 Å². The highest BCUT2D eigenvalue weighted by Crippen LogP contribution is 2.31. The molecule has 0 aromatic heterocycles. The second-order valence-electron chi connectivity index (χ2n) is 4.85. The molecule has 0 radical (unpaired) electrons. The van der Waals surface area contributed by atoms with Gasteiger partial charge in [-0.2, -0.15) is 0 Å². The lowest BCUT2D eigenvalue weighted by molar-refractivity contribution is 0.360. The average molecular weight is 304 g/mol. The van der Waals surface area contributed by atoms with E-state index in [1.165, 1.54) is 6.07 Å². The van der Waals surface area contributed by atoms with E-state index in [9.17, 15) is 8.78 Å². The highest BCUT2D eigenvalue weighted by atomic mass is 79.9. The third kappa shape index (κ3) is 3.18. The largest absolute Gasteiger partial charge is 0.379 e. The van der Waals surface area contributed by atoms with Gasteiger partial charge in [-0.15, -0.1) is 0 Å². The van der Waals surface area contributed by atoms with E-state index in [4.69, 9.17) is 0 Å². The second kappa shape index (κ2) is 5.34. The molecule has 0 amide bonds. The maximum atomic E-state index is 13.6. The predicted molar refractivity (Wildman–Crippen MR) is 69.1 cm³/mol. The van der Waals surface area contributed by atoms with Gasteiger partial charge < -0.3 is 5.32 Å². The third-order valence-electron chi connectivity index (χ3n) is 3.37. The van der Waals surface area contributed by atoms with Gasteiger partial charge in [-0.05, 0) is 53.6 Å². The molecule has 1 aromatic carbocycles. The summed E-state index contributed by atoms with van der Waals surface area (Å²) in [6, 6.07) is 2.50. The normalized spacial score (nSPS) is 24.7. The molecule has 0 spiro atoms. The first-order chi connectivity index (χ1) is 8.06. The van der Waals surface area contributed by atoms with Gasteiger partial charge >= 0.3 is 0 Å². The quantitative estimate of drug-likeness (QED) is 0.834. The molecular weight excluding hydrogens is 288 g/mol. The Bertz CT molecular complexity index is 377. The Balaban J connectivity index is 2.08. The van der Waals surface area contributed by atoms with Gasteiger partial charge in [-0.3, -0.25) is 0 Å². The van der Waals surface area contributed by atoms with Crippen molar-refractivity contribution < 1.29 is 8.78 Å². The van der Waals surface area contributed by atoms with Crippen LogP contribution in [0, 0.1) is 17.6 Å². The van der Waals surface area contributed by atoms with Gasteiger partial charge in [-0.1, -0.05) is 6.92 Å². The molecule has 0 unspecified atom stereocenters. The zero-order valence-electron chi connectivity index (χ0n) is 9.77. The zero-order valence-corrected chi connectivity index (χ0v) is 11.4. The van der Waals surface area contributed by atoms with Crippen LogP contribution in [0.5, 0.6) is 0 Å². The Morgan fingerprint density at radius 2 is 1.82 bits per heavy atom. The van der Waals surface area contributed by atoms with Crippen molar-refractivity contribution in [1.29, 1.82) is 0 Å². The highest BCUT2D eigenvalue weighted by molar-refractivity contribution is 9.10. The molecule has 2 rings (SSSR count). The molecule has 0 aliphatic heterocycles. The zero-order chi connectivity index (χ0) is 12.4. The van der Waals surface area contributed by atoms with Gasteiger partial charge in [0.05, 0.1) is 5.69 Å². The minimum atomic E-state index is -0.558. The monoisotopic (exact) mass is 303 g/mol. The molecule has 1 aliphatic rings. The number of hydrogen-bond acceptors (Lipinski definition) is 1. The minimum absolute atomic E-state index is 0.294. The van der Waals surface area contributed by atoms with E-state index in [-0.39, 0.29) is 0 Å². The first-order valence-electron chi connectivity index (χ1n) is 5.97. The summed E-state index contributed by atoms with van der Waals surface area (Å²) >= 11 is 3.19. The van der Waals surface area contributed by atoms with Crippen molar-refractivity contribution in [3.8, 4) is 0 Å². The molecule has 1 fully saturated rings. The Kier molecular flexibility index (Phi) is 4.02. The topological polar surface area (TPSA) is 12.0 Å². The van der Waals surface area contributed by atoms with Crippen molar-refractivity contribution in [1.82, 2.24) is 0 Å². The second-order valence-corrected chi connectivity index (χ2v) is 5.70. The van der Waals surface area contributed by atoms with E-state index in [1.54, 1.807) is 0 Å². The molecule has 4 heteroatoms. The smallest absolute Gasteiger partial charge is 0.150 e. The summed E-state index contributed by atoms with van der Waals surface area (Å²) in [5.74, 6) is -0.331. The molecule has 1 nitrogen and oxygen atoms in total. The molecule has 1 N–H and O–H groups in total. The van der Waals surface area contributed by atoms with Crippen molar-refractivity contribution in [3.05, 3.63) is 28.2 Å². The lowest BCUT2D eigenvalue weighted by atomic mass is 9.87.